The summed E-state index contributed by atoms with van der Waals surface area (Å²) in [6.07, 6.45) is 20.0. The second-order valence-corrected chi connectivity index (χ2v) is 6.37. The molecule has 0 bridgehead atoms. The Hall–Kier alpha value is -0.0400. The van der Waals surface area contributed by atoms with Crippen LogP contribution in [-0.2, 0) is 0 Å². The van der Waals surface area contributed by atoms with Gasteiger partial charge in [-0.3, -0.25) is 0 Å². The first-order chi connectivity index (χ1) is 9.85. The van der Waals surface area contributed by atoms with Crippen LogP contribution in [0.15, 0.2) is 0 Å². The van der Waals surface area contributed by atoms with Gasteiger partial charge in [0.1, 0.15) is 0 Å². The zero-order valence-electron chi connectivity index (χ0n) is 14.7. The predicted octanol–water partition coefficient (Wildman–Crippen LogP) is 6.47. The van der Waals surface area contributed by atoms with Crippen molar-refractivity contribution in [2.75, 3.05) is 6.54 Å². The Morgan fingerprint density at radius 2 is 1.05 bits per heavy atom. The molecule has 1 nitrogen and oxygen atoms in total. The summed E-state index contributed by atoms with van der Waals surface area (Å²) in [6, 6.07) is 0.781. The lowest BCUT2D eigenvalue weighted by Gasteiger charge is -2.16. The topological polar surface area (TPSA) is 12.0 Å². The van der Waals surface area contributed by atoms with Gasteiger partial charge in [-0.25, -0.2) is 0 Å². The van der Waals surface area contributed by atoms with Gasteiger partial charge in [0, 0.05) is 6.04 Å². The minimum atomic E-state index is 0.781. The third-order valence-electron chi connectivity index (χ3n) is 4.29. The quantitative estimate of drug-likeness (QED) is 0.320. The van der Waals surface area contributed by atoms with Crippen molar-refractivity contribution in [1.29, 1.82) is 0 Å². The van der Waals surface area contributed by atoms with Crippen molar-refractivity contribution in [3.05, 3.63) is 0 Å². The fourth-order valence-corrected chi connectivity index (χ4v) is 3.04. The number of hydrogen-bond acceptors (Lipinski definition) is 1. The van der Waals surface area contributed by atoms with Gasteiger partial charge in [-0.2, -0.15) is 0 Å². The van der Waals surface area contributed by atoms with Crippen LogP contribution in [0.25, 0.3) is 0 Å². The third-order valence-corrected chi connectivity index (χ3v) is 4.29. The molecule has 1 unspecified atom stereocenters. The average molecular weight is 284 g/mol. The van der Waals surface area contributed by atoms with Crippen LogP contribution < -0.4 is 5.32 Å². The molecule has 1 heteroatoms. The second-order valence-electron chi connectivity index (χ2n) is 6.37. The fraction of sp³-hybridized carbons (Fsp3) is 1.00. The van der Waals surface area contributed by atoms with Gasteiger partial charge in [-0.1, -0.05) is 97.8 Å². The number of rotatable bonds is 16. The Morgan fingerprint density at radius 3 is 1.50 bits per heavy atom. The fourth-order valence-electron chi connectivity index (χ4n) is 3.04. The maximum absolute atomic E-state index is 3.62. The van der Waals surface area contributed by atoms with Gasteiger partial charge in [0.05, 0.1) is 0 Å². The molecule has 0 amide bonds. The third kappa shape index (κ3) is 14.4. The summed E-state index contributed by atoms with van der Waals surface area (Å²) >= 11 is 0. The molecule has 0 aromatic carbocycles. The lowest BCUT2D eigenvalue weighted by Crippen LogP contribution is -2.28. The lowest BCUT2D eigenvalue weighted by atomic mass is 10.0. The van der Waals surface area contributed by atoms with Gasteiger partial charge in [0.2, 0.25) is 0 Å². The SMILES string of the molecule is CCCCCCCCCCCCCC(CCC)NCC. The van der Waals surface area contributed by atoms with E-state index in [0.29, 0.717) is 0 Å². The highest BCUT2D eigenvalue weighted by Gasteiger charge is 2.04. The van der Waals surface area contributed by atoms with E-state index in [1.54, 1.807) is 0 Å². The first-order valence-corrected chi connectivity index (χ1v) is 9.58. The molecule has 0 aromatic heterocycles. The Kier molecular flexibility index (Phi) is 17.0. The van der Waals surface area contributed by atoms with Gasteiger partial charge in [-0.15, -0.1) is 0 Å². The van der Waals surface area contributed by atoms with Crippen LogP contribution in [0.1, 0.15) is 111 Å². The van der Waals surface area contributed by atoms with Crippen molar-refractivity contribution >= 4 is 0 Å². The van der Waals surface area contributed by atoms with Crippen molar-refractivity contribution in [1.82, 2.24) is 5.32 Å². The zero-order valence-corrected chi connectivity index (χ0v) is 14.7. The highest BCUT2D eigenvalue weighted by Crippen LogP contribution is 2.13. The summed E-state index contributed by atoms with van der Waals surface area (Å²) in [6.45, 7) is 7.94. The molecule has 0 rings (SSSR count). The van der Waals surface area contributed by atoms with Crippen molar-refractivity contribution in [2.45, 2.75) is 117 Å². The van der Waals surface area contributed by atoms with Crippen molar-refractivity contribution < 1.29 is 0 Å². The van der Waals surface area contributed by atoms with E-state index in [1.807, 2.05) is 0 Å². The average Bonchev–Trinajstić information content (AvgIpc) is 2.45. The van der Waals surface area contributed by atoms with Crippen molar-refractivity contribution in [3.63, 3.8) is 0 Å². The van der Waals surface area contributed by atoms with Gasteiger partial charge in [-0.05, 0) is 19.4 Å². The maximum atomic E-state index is 3.62. The molecule has 0 fully saturated rings. The van der Waals surface area contributed by atoms with E-state index in [9.17, 15) is 0 Å². The molecule has 0 aliphatic carbocycles. The van der Waals surface area contributed by atoms with Crippen LogP contribution >= 0.6 is 0 Å². The first-order valence-electron chi connectivity index (χ1n) is 9.58. The van der Waals surface area contributed by atoms with Crippen LogP contribution in [-0.4, -0.2) is 12.6 Å². The van der Waals surface area contributed by atoms with Crippen LogP contribution in [0.3, 0.4) is 0 Å². The van der Waals surface area contributed by atoms with Crippen molar-refractivity contribution in [2.24, 2.45) is 0 Å². The highest BCUT2D eigenvalue weighted by atomic mass is 14.9. The molecular formula is C19H41N. The predicted molar refractivity (Wildman–Crippen MR) is 93.5 cm³/mol. The Labute approximate surface area is 129 Å². The summed E-state index contributed by atoms with van der Waals surface area (Å²) in [7, 11) is 0. The summed E-state index contributed by atoms with van der Waals surface area (Å²) in [4.78, 5) is 0. The summed E-state index contributed by atoms with van der Waals surface area (Å²) < 4.78 is 0. The molecule has 0 saturated heterocycles. The van der Waals surface area contributed by atoms with Crippen LogP contribution in [0, 0.1) is 0 Å². The highest BCUT2D eigenvalue weighted by molar-refractivity contribution is 4.65. The molecule has 0 radical (unpaired) electrons. The van der Waals surface area contributed by atoms with E-state index in [2.05, 4.69) is 26.1 Å². The minimum absolute atomic E-state index is 0.781. The van der Waals surface area contributed by atoms with Crippen LogP contribution in [0.4, 0.5) is 0 Å². The molecular weight excluding hydrogens is 242 g/mol. The van der Waals surface area contributed by atoms with E-state index >= 15 is 0 Å². The normalized spacial score (nSPS) is 12.8. The molecule has 0 aliphatic rings. The van der Waals surface area contributed by atoms with Crippen LogP contribution in [0.2, 0.25) is 0 Å². The van der Waals surface area contributed by atoms with Gasteiger partial charge < -0.3 is 5.32 Å². The first kappa shape index (κ1) is 20.0. The molecule has 0 aliphatic heterocycles. The van der Waals surface area contributed by atoms with E-state index in [4.69, 9.17) is 0 Å². The van der Waals surface area contributed by atoms with Gasteiger partial charge in [0.25, 0.3) is 0 Å². The molecule has 0 saturated carbocycles. The maximum Gasteiger partial charge on any atom is 0.00668 e. The van der Waals surface area contributed by atoms with E-state index in [1.165, 1.54) is 89.9 Å². The second kappa shape index (κ2) is 17.0. The number of nitrogens with one attached hydrogen (secondary N) is 1. The molecule has 20 heavy (non-hydrogen) atoms. The Bertz CT molecular complexity index is 161. The van der Waals surface area contributed by atoms with E-state index in [0.717, 1.165) is 12.6 Å². The minimum Gasteiger partial charge on any atom is -0.314 e. The summed E-state index contributed by atoms with van der Waals surface area (Å²) in [5, 5.41) is 3.62. The lowest BCUT2D eigenvalue weighted by molar-refractivity contribution is 0.434. The van der Waals surface area contributed by atoms with Gasteiger partial charge >= 0.3 is 0 Å². The zero-order chi connectivity index (χ0) is 14.9. The Morgan fingerprint density at radius 1 is 0.550 bits per heavy atom. The van der Waals surface area contributed by atoms with Gasteiger partial charge in [0.15, 0.2) is 0 Å². The Balaban J connectivity index is 3.18. The standard InChI is InChI=1S/C19H41N/c1-4-7-8-9-10-11-12-13-14-15-16-18-19(17-5-2)20-6-3/h19-20H,4-18H2,1-3H3. The summed E-state index contributed by atoms with van der Waals surface area (Å²) in [5.41, 5.74) is 0. The smallest absolute Gasteiger partial charge is 0.00668 e. The molecule has 0 aromatic rings. The molecule has 1 N–H and O–H groups in total. The largest absolute Gasteiger partial charge is 0.314 e. The number of unbranched alkanes of at least 4 members (excludes halogenated alkanes) is 10. The monoisotopic (exact) mass is 283 g/mol. The van der Waals surface area contributed by atoms with Crippen LogP contribution in [0.5, 0.6) is 0 Å². The number of hydrogen-bond donors (Lipinski definition) is 1. The molecule has 1 atom stereocenters. The van der Waals surface area contributed by atoms with Crippen molar-refractivity contribution in [3.8, 4) is 0 Å². The van der Waals surface area contributed by atoms with E-state index in [-0.39, 0.29) is 0 Å². The molecule has 122 valence electrons. The molecule has 0 spiro atoms. The summed E-state index contributed by atoms with van der Waals surface area (Å²) in [5.74, 6) is 0. The molecule has 0 heterocycles. The van der Waals surface area contributed by atoms with E-state index < -0.39 is 0 Å².